The zero-order valence-corrected chi connectivity index (χ0v) is 25.4. The fourth-order valence-corrected chi connectivity index (χ4v) is 6.29. The molecule has 1 aliphatic heterocycles. The second-order valence-corrected chi connectivity index (χ2v) is 11.8. The quantitative estimate of drug-likeness (QED) is 0.296. The van der Waals surface area contributed by atoms with Crippen molar-refractivity contribution < 1.29 is 13.9 Å². The lowest BCUT2D eigenvalue weighted by Crippen LogP contribution is -2.54. The van der Waals surface area contributed by atoms with Crippen LogP contribution in [0.5, 0.6) is 5.75 Å². The van der Waals surface area contributed by atoms with Gasteiger partial charge in [0, 0.05) is 29.7 Å². The first-order valence-corrected chi connectivity index (χ1v) is 14.7. The normalized spacial score (nSPS) is 20.7. The summed E-state index contributed by atoms with van der Waals surface area (Å²) < 4.78 is 20.1. The Balaban J connectivity index is 1.70. The number of likely N-dealkylation sites (tertiary alicyclic amines) is 1. The minimum atomic E-state index is -0.368. The summed E-state index contributed by atoms with van der Waals surface area (Å²) in [5.41, 5.74) is 5.02. The second kappa shape index (κ2) is 14.3. The topological polar surface area (TPSA) is 44.8 Å². The van der Waals surface area contributed by atoms with Crippen molar-refractivity contribution in [3.8, 4) is 5.75 Å². The number of rotatable bonds is 12. The molecule has 0 spiro atoms. The molecule has 1 N–H and O–H groups in total. The molecule has 4 atom stereocenters. The Bertz CT molecular complexity index is 1080. The van der Waals surface area contributed by atoms with Gasteiger partial charge >= 0.3 is 0 Å². The first-order chi connectivity index (χ1) is 18.5. The number of benzene rings is 2. The van der Waals surface area contributed by atoms with Crippen LogP contribution >= 0.6 is 0 Å². The first-order valence-electron chi connectivity index (χ1n) is 14.7. The van der Waals surface area contributed by atoms with Crippen molar-refractivity contribution in [2.24, 2.45) is 0 Å². The molecule has 0 radical (unpaired) electrons. The summed E-state index contributed by atoms with van der Waals surface area (Å²) in [6, 6.07) is 9.92. The fourth-order valence-electron chi connectivity index (χ4n) is 6.29. The molecule has 1 fully saturated rings. The zero-order valence-electron chi connectivity index (χ0n) is 25.4. The maximum absolute atomic E-state index is 13.9. The number of nitrogens with one attached hydrogen (secondary N) is 1. The summed E-state index contributed by atoms with van der Waals surface area (Å²) in [4.78, 5) is 17.8. The van der Waals surface area contributed by atoms with Crippen LogP contribution in [0.3, 0.4) is 0 Å². The number of unbranched alkanes of at least 4 members (excludes halogenated alkanes) is 1. The first kappa shape index (κ1) is 31.1. The summed E-state index contributed by atoms with van der Waals surface area (Å²) >= 11 is 0. The van der Waals surface area contributed by atoms with E-state index in [4.69, 9.17) is 4.74 Å². The van der Waals surface area contributed by atoms with E-state index < -0.39 is 0 Å². The molecule has 0 aliphatic carbocycles. The molecule has 1 heterocycles. The second-order valence-electron chi connectivity index (χ2n) is 11.8. The lowest BCUT2D eigenvalue weighted by atomic mass is 9.85. The molecular weight excluding hydrogens is 489 g/mol. The van der Waals surface area contributed by atoms with E-state index in [1.54, 1.807) is 6.07 Å². The molecule has 0 bridgehead atoms. The van der Waals surface area contributed by atoms with Crippen molar-refractivity contribution in [3.63, 3.8) is 0 Å². The van der Waals surface area contributed by atoms with Crippen molar-refractivity contribution in [1.29, 1.82) is 0 Å². The lowest BCUT2D eigenvalue weighted by molar-refractivity contribution is 0.0312. The molecule has 5 nitrogen and oxygen atoms in total. The molecule has 2 aromatic rings. The third-order valence-corrected chi connectivity index (χ3v) is 8.31. The number of carbonyl (C=O) groups is 1. The van der Waals surface area contributed by atoms with Crippen LogP contribution in [-0.2, 0) is 0 Å². The molecular formula is C33H50FN3O2. The van der Waals surface area contributed by atoms with Crippen LogP contribution in [0.4, 0.5) is 4.39 Å². The Kier molecular flexibility index (Phi) is 11.4. The average molecular weight is 540 g/mol. The molecule has 1 saturated heterocycles. The van der Waals surface area contributed by atoms with Crippen LogP contribution in [0.15, 0.2) is 30.3 Å². The maximum atomic E-state index is 13.9. The Hall–Kier alpha value is -2.44. The minimum Gasteiger partial charge on any atom is -0.493 e. The molecule has 3 rings (SSSR count). The largest absolute Gasteiger partial charge is 0.493 e. The Morgan fingerprint density at radius 3 is 2.54 bits per heavy atom. The number of nitrogens with zero attached hydrogens (tertiary/aromatic N) is 2. The lowest BCUT2D eigenvalue weighted by Gasteiger charge is -2.48. The van der Waals surface area contributed by atoms with Crippen molar-refractivity contribution in [2.45, 2.75) is 104 Å². The SMILES string of the molecule is CCCC1CC(NC(=O)c2cc(C)cc(F)c2)CC(C)N1C(C)c1ccc(OCCCCN(C)C)c(C)c1C. The van der Waals surface area contributed by atoms with Crippen LogP contribution in [-0.4, -0.2) is 61.1 Å². The molecule has 2 aromatic carbocycles. The Labute approximate surface area is 236 Å². The van der Waals surface area contributed by atoms with E-state index in [1.807, 2.05) is 6.92 Å². The van der Waals surface area contributed by atoms with E-state index in [0.29, 0.717) is 17.6 Å². The standard InChI is InChI=1S/C33H50FN3O2/c1-9-12-30-21-29(35-33(38)27-17-22(2)18-28(34)20-27)19-23(3)37(30)26(6)31-13-14-32(25(5)24(31)4)39-16-11-10-15-36(7)8/h13-14,17-18,20,23,26,29-30H,9-12,15-16,19,21H2,1-8H3,(H,35,38). The summed E-state index contributed by atoms with van der Waals surface area (Å²) in [6.45, 7) is 14.8. The van der Waals surface area contributed by atoms with Crippen molar-refractivity contribution >= 4 is 5.91 Å². The summed E-state index contributed by atoms with van der Waals surface area (Å²) in [5.74, 6) is 0.434. The van der Waals surface area contributed by atoms with Gasteiger partial charge in [-0.3, -0.25) is 9.69 Å². The van der Waals surface area contributed by atoms with Gasteiger partial charge in [-0.25, -0.2) is 4.39 Å². The van der Waals surface area contributed by atoms with Gasteiger partial charge in [-0.2, -0.15) is 0 Å². The number of halogens is 1. The highest BCUT2D eigenvalue weighted by Gasteiger charge is 2.37. The van der Waals surface area contributed by atoms with E-state index in [0.717, 1.165) is 63.0 Å². The van der Waals surface area contributed by atoms with Gasteiger partial charge in [0.2, 0.25) is 0 Å². The third-order valence-electron chi connectivity index (χ3n) is 8.31. The van der Waals surface area contributed by atoms with Gasteiger partial charge in [-0.05, 0) is 134 Å². The highest BCUT2D eigenvalue weighted by Crippen LogP contribution is 2.37. The zero-order chi connectivity index (χ0) is 28.7. The van der Waals surface area contributed by atoms with Gasteiger partial charge < -0.3 is 15.0 Å². The van der Waals surface area contributed by atoms with Gasteiger partial charge in [0.25, 0.3) is 5.91 Å². The third kappa shape index (κ3) is 8.28. The number of hydrogen-bond donors (Lipinski definition) is 1. The van der Waals surface area contributed by atoms with E-state index >= 15 is 0 Å². The molecule has 1 aliphatic rings. The number of carbonyl (C=O) groups excluding carboxylic acids is 1. The minimum absolute atomic E-state index is 0.0715. The van der Waals surface area contributed by atoms with Gasteiger partial charge in [-0.15, -0.1) is 0 Å². The van der Waals surface area contributed by atoms with Crippen LogP contribution in [0.2, 0.25) is 0 Å². The van der Waals surface area contributed by atoms with Gasteiger partial charge in [-0.1, -0.05) is 19.4 Å². The van der Waals surface area contributed by atoms with Crippen LogP contribution in [0, 0.1) is 26.6 Å². The number of aryl methyl sites for hydroxylation is 1. The number of ether oxygens (including phenoxy) is 1. The van der Waals surface area contributed by atoms with Crippen molar-refractivity contribution in [2.75, 3.05) is 27.2 Å². The van der Waals surface area contributed by atoms with Crippen molar-refractivity contribution in [3.05, 3.63) is 64.0 Å². The van der Waals surface area contributed by atoms with E-state index in [1.165, 1.54) is 28.8 Å². The Morgan fingerprint density at radius 1 is 1.13 bits per heavy atom. The smallest absolute Gasteiger partial charge is 0.251 e. The van der Waals surface area contributed by atoms with Crippen LogP contribution in [0.1, 0.15) is 97.9 Å². The van der Waals surface area contributed by atoms with E-state index in [2.05, 4.69) is 76.0 Å². The summed E-state index contributed by atoms with van der Waals surface area (Å²) in [7, 11) is 4.21. The van der Waals surface area contributed by atoms with Gasteiger partial charge in [0.1, 0.15) is 11.6 Å². The molecule has 4 unspecified atom stereocenters. The Morgan fingerprint density at radius 2 is 1.87 bits per heavy atom. The van der Waals surface area contributed by atoms with E-state index in [9.17, 15) is 9.18 Å². The van der Waals surface area contributed by atoms with Crippen LogP contribution < -0.4 is 10.1 Å². The monoisotopic (exact) mass is 539 g/mol. The number of hydrogen-bond acceptors (Lipinski definition) is 4. The molecule has 0 aromatic heterocycles. The summed E-state index contributed by atoms with van der Waals surface area (Å²) in [5, 5.41) is 3.22. The van der Waals surface area contributed by atoms with Crippen LogP contribution in [0.25, 0.3) is 0 Å². The highest BCUT2D eigenvalue weighted by molar-refractivity contribution is 5.94. The predicted octanol–water partition coefficient (Wildman–Crippen LogP) is 6.98. The number of amides is 1. The van der Waals surface area contributed by atoms with Gasteiger partial charge in [0.15, 0.2) is 0 Å². The summed E-state index contributed by atoms with van der Waals surface area (Å²) in [6.07, 6.45) is 6.12. The number of piperidine rings is 1. The average Bonchev–Trinajstić information content (AvgIpc) is 2.85. The molecule has 39 heavy (non-hydrogen) atoms. The highest BCUT2D eigenvalue weighted by atomic mass is 19.1. The molecule has 0 saturated carbocycles. The molecule has 1 amide bonds. The fraction of sp³-hybridized carbons (Fsp3) is 0.606. The van der Waals surface area contributed by atoms with Gasteiger partial charge in [0.05, 0.1) is 6.61 Å². The van der Waals surface area contributed by atoms with E-state index in [-0.39, 0.29) is 23.8 Å². The molecule has 6 heteroatoms. The predicted molar refractivity (Wildman–Crippen MR) is 159 cm³/mol. The maximum Gasteiger partial charge on any atom is 0.251 e. The molecule has 216 valence electrons. The van der Waals surface area contributed by atoms with Crippen molar-refractivity contribution in [1.82, 2.24) is 15.1 Å².